The Hall–Kier alpha value is -2.12. The van der Waals surface area contributed by atoms with Crippen molar-refractivity contribution in [3.05, 3.63) is 36.0 Å². The second-order valence-electron chi connectivity index (χ2n) is 4.20. The Morgan fingerprint density at radius 1 is 1.11 bits per heavy atom. The summed E-state index contributed by atoms with van der Waals surface area (Å²) in [5.74, 6) is 0.109. The number of anilines is 1. The van der Waals surface area contributed by atoms with Crippen LogP contribution in [0, 0.1) is 0 Å². The molecule has 0 aliphatic carbocycles. The van der Waals surface area contributed by atoms with Crippen LogP contribution in [0.4, 0.5) is 19.0 Å². The minimum Gasteiger partial charge on any atom is -0.347 e. The highest BCUT2D eigenvalue weighted by Gasteiger charge is 2.39. The number of halogens is 3. The summed E-state index contributed by atoms with van der Waals surface area (Å²) in [6.07, 6.45) is -2.81. The number of hydrogen-bond donors (Lipinski definition) is 0. The fourth-order valence-electron chi connectivity index (χ4n) is 2.10. The summed E-state index contributed by atoms with van der Waals surface area (Å²) >= 11 is 0. The summed E-state index contributed by atoms with van der Waals surface area (Å²) in [6.45, 7) is 0.930. The second kappa shape index (κ2) is 4.22. The summed E-state index contributed by atoms with van der Waals surface area (Å²) in [6, 6.07) is 5.44. The smallest absolute Gasteiger partial charge is 0.347 e. The van der Waals surface area contributed by atoms with Crippen LogP contribution in [0.1, 0.15) is 11.6 Å². The lowest BCUT2D eigenvalue weighted by molar-refractivity contribution is -0.147. The number of pyridine rings is 1. The van der Waals surface area contributed by atoms with E-state index >= 15 is 0 Å². The maximum Gasteiger partial charge on any atom is 0.451 e. The Balaban J connectivity index is 1.88. The molecule has 0 saturated heterocycles. The average molecular weight is 269 g/mol. The van der Waals surface area contributed by atoms with Crippen molar-refractivity contribution in [3.8, 4) is 0 Å². The van der Waals surface area contributed by atoms with Crippen molar-refractivity contribution in [2.75, 3.05) is 11.4 Å². The predicted octanol–water partition coefficient (Wildman–Crippen LogP) is 1.71. The molecule has 5 nitrogen and oxygen atoms in total. The Bertz CT molecular complexity index is 578. The van der Waals surface area contributed by atoms with Crippen molar-refractivity contribution in [3.63, 3.8) is 0 Å². The third-order valence-corrected chi connectivity index (χ3v) is 2.98. The van der Waals surface area contributed by atoms with Crippen LogP contribution in [-0.4, -0.2) is 26.3 Å². The lowest BCUT2D eigenvalue weighted by atomic mass is 10.3. The number of alkyl halides is 3. The molecule has 0 saturated carbocycles. The Labute approximate surface area is 106 Å². The third kappa shape index (κ3) is 2.13. The molecule has 2 aromatic rings. The quantitative estimate of drug-likeness (QED) is 0.790. The van der Waals surface area contributed by atoms with Crippen LogP contribution >= 0.6 is 0 Å². The Kier molecular flexibility index (Phi) is 2.65. The molecule has 1 aliphatic rings. The number of nitrogens with zero attached hydrogens (tertiary/aromatic N) is 5. The van der Waals surface area contributed by atoms with Gasteiger partial charge < -0.3 is 9.47 Å². The van der Waals surface area contributed by atoms with Crippen LogP contribution in [0.15, 0.2) is 24.4 Å². The van der Waals surface area contributed by atoms with Gasteiger partial charge >= 0.3 is 6.18 Å². The van der Waals surface area contributed by atoms with Crippen LogP contribution < -0.4 is 4.90 Å². The molecule has 100 valence electrons. The summed E-state index contributed by atoms with van der Waals surface area (Å²) in [4.78, 5) is 6.06. The number of hydrogen-bond acceptors (Lipinski definition) is 4. The van der Waals surface area contributed by atoms with Crippen LogP contribution in [0.5, 0.6) is 0 Å². The van der Waals surface area contributed by atoms with Crippen molar-refractivity contribution in [1.29, 1.82) is 0 Å². The van der Waals surface area contributed by atoms with E-state index in [-0.39, 0.29) is 13.1 Å². The molecule has 0 aromatic carbocycles. The van der Waals surface area contributed by atoms with Gasteiger partial charge in [-0.3, -0.25) is 0 Å². The monoisotopic (exact) mass is 269 g/mol. The van der Waals surface area contributed by atoms with E-state index in [0.29, 0.717) is 12.4 Å². The first-order valence-corrected chi connectivity index (χ1v) is 5.71. The molecule has 0 bridgehead atoms. The zero-order valence-corrected chi connectivity index (χ0v) is 9.80. The van der Waals surface area contributed by atoms with Gasteiger partial charge in [0.2, 0.25) is 5.82 Å². The van der Waals surface area contributed by atoms with E-state index in [1.807, 2.05) is 17.0 Å². The van der Waals surface area contributed by atoms with Crippen molar-refractivity contribution >= 4 is 5.82 Å². The topological polar surface area (TPSA) is 46.8 Å². The van der Waals surface area contributed by atoms with Crippen molar-refractivity contribution < 1.29 is 13.2 Å². The van der Waals surface area contributed by atoms with Gasteiger partial charge in [-0.15, -0.1) is 10.2 Å². The molecular weight excluding hydrogens is 259 g/mol. The van der Waals surface area contributed by atoms with E-state index < -0.39 is 12.0 Å². The summed E-state index contributed by atoms with van der Waals surface area (Å²) in [5, 5.41) is 6.86. The SMILES string of the molecule is FC(F)(F)c1nnc2n1CCN(c1ccccn1)C2. The number of fused-ring (bicyclic) bond motifs is 1. The molecule has 0 fully saturated rings. The zero-order chi connectivity index (χ0) is 13.5. The van der Waals surface area contributed by atoms with E-state index in [1.165, 1.54) is 0 Å². The average Bonchev–Trinajstić information content (AvgIpc) is 2.82. The molecule has 3 heterocycles. The molecule has 2 aromatic heterocycles. The van der Waals surface area contributed by atoms with E-state index in [1.54, 1.807) is 12.3 Å². The van der Waals surface area contributed by atoms with Crippen LogP contribution in [0.2, 0.25) is 0 Å². The zero-order valence-electron chi connectivity index (χ0n) is 9.80. The van der Waals surface area contributed by atoms with Gasteiger partial charge in [0.25, 0.3) is 0 Å². The fraction of sp³-hybridized carbons (Fsp3) is 0.364. The van der Waals surface area contributed by atoms with Crippen LogP contribution in [0.3, 0.4) is 0 Å². The maximum atomic E-state index is 12.7. The summed E-state index contributed by atoms with van der Waals surface area (Å²) in [7, 11) is 0. The van der Waals surface area contributed by atoms with Crippen molar-refractivity contribution in [2.45, 2.75) is 19.3 Å². The van der Waals surface area contributed by atoms with E-state index in [4.69, 9.17) is 0 Å². The fourth-order valence-corrected chi connectivity index (χ4v) is 2.10. The molecule has 3 rings (SSSR count). The predicted molar refractivity (Wildman–Crippen MR) is 60.3 cm³/mol. The molecule has 0 atom stereocenters. The molecule has 0 spiro atoms. The number of aromatic nitrogens is 4. The third-order valence-electron chi connectivity index (χ3n) is 2.98. The van der Waals surface area contributed by atoms with Gasteiger partial charge in [0.15, 0.2) is 5.82 Å². The van der Waals surface area contributed by atoms with E-state index in [9.17, 15) is 13.2 Å². The van der Waals surface area contributed by atoms with Crippen molar-refractivity contribution in [1.82, 2.24) is 19.7 Å². The molecule has 0 amide bonds. The van der Waals surface area contributed by atoms with Crippen LogP contribution in [0.25, 0.3) is 0 Å². The van der Waals surface area contributed by atoms with Gasteiger partial charge in [-0.05, 0) is 12.1 Å². The minimum absolute atomic E-state index is 0.202. The van der Waals surface area contributed by atoms with Gasteiger partial charge in [0.05, 0.1) is 6.54 Å². The van der Waals surface area contributed by atoms with Gasteiger partial charge in [0, 0.05) is 19.3 Å². The van der Waals surface area contributed by atoms with Crippen LogP contribution in [-0.2, 0) is 19.3 Å². The molecular formula is C11H10F3N5. The highest BCUT2D eigenvalue weighted by molar-refractivity contribution is 5.38. The molecule has 19 heavy (non-hydrogen) atoms. The van der Waals surface area contributed by atoms with Gasteiger partial charge in [-0.2, -0.15) is 13.2 Å². The number of rotatable bonds is 1. The second-order valence-corrected chi connectivity index (χ2v) is 4.20. The van der Waals surface area contributed by atoms with Crippen molar-refractivity contribution in [2.24, 2.45) is 0 Å². The first-order chi connectivity index (χ1) is 9.05. The highest BCUT2D eigenvalue weighted by atomic mass is 19.4. The Morgan fingerprint density at radius 2 is 1.95 bits per heavy atom. The first-order valence-electron chi connectivity index (χ1n) is 5.71. The lowest BCUT2D eigenvalue weighted by Crippen LogP contribution is -2.35. The molecule has 0 unspecified atom stereocenters. The van der Waals surface area contributed by atoms with Gasteiger partial charge in [-0.25, -0.2) is 4.98 Å². The molecule has 0 radical (unpaired) electrons. The minimum atomic E-state index is -4.46. The van der Waals surface area contributed by atoms with E-state index in [0.717, 1.165) is 10.4 Å². The van der Waals surface area contributed by atoms with E-state index in [2.05, 4.69) is 15.2 Å². The standard InChI is InChI=1S/C11H10F3N5/c12-11(13,14)10-17-16-9-7-18(5-6-19(9)10)8-3-1-2-4-15-8/h1-4H,5-7H2. The van der Waals surface area contributed by atoms with Gasteiger partial charge in [-0.1, -0.05) is 6.07 Å². The first kappa shape index (κ1) is 11.9. The Morgan fingerprint density at radius 3 is 2.63 bits per heavy atom. The lowest BCUT2D eigenvalue weighted by Gasteiger charge is -2.28. The molecule has 1 aliphatic heterocycles. The van der Waals surface area contributed by atoms with Gasteiger partial charge in [0.1, 0.15) is 5.82 Å². The molecule has 8 heteroatoms. The largest absolute Gasteiger partial charge is 0.451 e. The maximum absolute atomic E-state index is 12.7. The summed E-state index contributed by atoms with van der Waals surface area (Å²) in [5.41, 5.74) is 0. The molecule has 0 N–H and O–H groups in total. The summed E-state index contributed by atoms with van der Waals surface area (Å²) < 4.78 is 39.2. The normalized spacial score (nSPS) is 15.4. The highest BCUT2D eigenvalue weighted by Crippen LogP contribution is 2.29.